The topological polar surface area (TPSA) is 58.1 Å². The number of aromatic nitrogens is 2. The van der Waals surface area contributed by atoms with Gasteiger partial charge in [0.2, 0.25) is 0 Å². The monoisotopic (exact) mass is 338 g/mol. The van der Waals surface area contributed by atoms with Gasteiger partial charge in [-0.2, -0.15) is 0 Å². The van der Waals surface area contributed by atoms with Crippen molar-refractivity contribution in [2.24, 2.45) is 0 Å². The van der Waals surface area contributed by atoms with Gasteiger partial charge in [-0.1, -0.05) is 23.7 Å². The lowest BCUT2D eigenvalue weighted by Gasteiger charge is -2.19. The molecule has 2 aromatic carbocycles. The van der Waals surface area contributed by atoms with Gasteiger partial charge in [-0.05, 0) is 36.4 Å². The molecular formula is C18H15ClN4O. The Bertz CT molecular complexity index is 854. The van der Waals surface area contributed by atoms with E-state index in [9.17, 15) is 4.79 Å². The third-order valence-electron chi connectivity index (χ3n) is 3.51. The molecule has 0 aliphatic heterocycles. The number of nitrogens with one attached hydrogen (secondary N) is 1. The molecule has 5 nitrogen and oxygen atoms in total. The molecule has 0 radical (unpaired) electrons. The summed E-state index contributed by atoms with van der Waals surface area (Å²) in [7, 11) is 1.91. The summed E-state index contributed by atoms with van der Waals surface area (Å²) in [6.45, 7) is 0. The van der Waals surface area contributed by atoms with Crippen LogP contribution in [0.15, 0.2) is 67.3 Å². The third-order valence-corrected chi connectivity index (χ3v) is 3.75. The molecule has 0 saturated heterocycles. The SMILES string of the molecule is CN(c1cncnc1)c1cccc(NC(=O)c2cccc(Cl)c2)c1. The minimum atomic E-state index is -0.208. The van der Waals surface area contributed by atoms with Gasteiger partial charge in [0.25, 0.3) is 5.91 Å². The maximum absolute atomic E-state index is 12.3. The van der Waals surface area contributed by atoms with Crippen LogP contribution in [0.2, 0.25) is 5.02 Å². The third kappa shape index (κ3) is 3.70. The Morgan fingerprint density at radius 1 is 1.04 bits per heavy atom. The van der Waals surface area contributed by atoms with E-state index in [0.717, 1.165) is 11.4 Å². The maximum Gasteiger partial charge on any atom is 0.255 e. The van der Waals surface area contributed by atoms with Gasteiger partial charge in [0.15, 0.2) is 0 Å². The van der Waals surface area contributed by atoms with Crippen LogP contribution in [0.3, 0.4) is 0 Å². The van der Waals surface area contributed by atoms with E-state index in [0.29, 0.717) is 16.3 Å². The van der Waals surface area contributed by atoms with E-state index in [1.165, 1.54) is 6.33 Å². The number of rotatable bonds is 4. The average molecular weight is 339 g/mol. The highest BCUT2D eigenvalue weighted by Crippen LogP contribution is 2.25. The zero-order valence-corrected chi connectivity index (χ0v) is 13.7. The smallest absolute Gasteiger partial charge is 0.255 e. The molecule has 1 aromatic heterocycles. The molecule has 0 bridgehead atoms. The Kier molecular flexibility index (Phi) is 4.72. The molecule has 3 aromatic rings. The van der Waals surface area contributed by atoms with Crippen molar-refractivity contribution in [2.75, 3.05) is 17.3 Å². The van der Waals surface area contributed by atoms with Crippen molar-refractivity contribution in [2.45, 2.75) is 0 Å². The largest absolute Gasteiger partial charge is 0.342 e. The first-order valence-corrected chi connectivity index (χ1v) is 7.67. The normalized spacial score (nSPS) is 10.2. The molecule has 1 heterocycles. The van der Waals surface area contributed by atoms with Crippen LogP contribution in [0.25, 0.3) is 0 Å². The Morgan fingerprint density at radius 3 is 2.54 bits per heavy atom. The fourth-order valence-corrected chi connectivity index (χ4v) is 2.43. The van der Waals surface area contributed by atoms with Gasteiger partial charge in [-0.3, -0.25) is 4.79 Å². The maximum atomic E-state index is 12.3. The summed E-state index contributed by atoms with van der Waals surface area (Å²) in [5.41, 5.74) is 2.98. The Labute approximate surface area is 144 Å². The van der Waals surface area contributed by atoms with E-state index >= 15 is 0 Å². The van der Waals surface area contributed by atoms with Crippen molar-refractivity contribution < 1.29 is 4.79 Å². The van der Waals surface area contributed by atoms with E-state index in [1.54, 1.807) is 36.7 Å². The minimum absolute atomic E-state index is 0.208. The second kappa shape index (κ2) is 7.10. The minimum Gasteiger partial charge on any atom is -0.342 e. The molecule has 0 saturated carbocycles. The Morgan fingerprint density at radius 2 is 1.79 bits per heavy atom. The predicted octanol–water partition coefficient (Wildman–Crippen LogP) is 4.15. The molecule has 0 aliphatic carbocycles. The molecule has 1 N–H and O–H groups in total. The van der Waals surface area contributed by atoms with Crippen LogP contribution >= 0.6 is 11.6 Å². The summed E-state index contributed by atoms with van der Waals surface area (Å²) in [6.07, 6.45) is 4.94. The lowest BCUT2D eigenvalue weighted by Crippen LogP contribution is -2.13. The number of benzene rings is 2. The molecule has 0 atom stereocenters. The molecule has 6 heteroatoms. The first kappa shape index (κ1) is 16.0. The zero-order chi connectivity index (χ0) is 16.9. The number of halogens is 1. The number of anilines is 3. The molecule has 0 fully saturated rings. The summed E-state index contributed by atoms with van der Waals surface area (Å²) in [4.78, 5) is 22.3. The Hall–Kier alpha value is -2.92. The van der Waals surface area contributed by atoms with E-state index in [-0.39, 0.29) is 5.91 Å². The highest BCUT2D eigenvalue weighted by Gasteiger charge is 2.09. The highest BCUT2D eigenvalue weighted by molar-refractivity contribution is 6.31. The number of amides is 1. The second-order valence-electron chi connectivity index (χ2n) is 5.17. The van der Waals surface area contributed by atoms with Crippen LogP contribution in [0, 0.1) is 0 Å². The van der Waals surface area contributed by atoms with E-state index in [1.807, 2.05) is 36.2 Å². The number of carbonyl (C=O) groups excluding carboxylic acids is 1. The average Bonchev–Trinajstić information content (AvgIpc) is 2.62. The van der Waals surface area contributed by atoms with Gasteiger partial charge >= 0.3 is 0 Å². The van der Waals surface area contributed by atoms with Gasteiger partial charge in [0, 0.05) is 29.0 Å². The van der Waals surface area contributed by atoms with E-state index < -0.39 is 0 Å². The van der Waals surface area contributed by atoms with Crippen molar-refractivity contribution in [1.29, 1.82) is 0 Å². The molecule has 0 spiro atoms. The quantitative estimate of drug-likeness (QED) is 0.776. The first-order chi connectivity index (χ1) is 11.6. The fourth-order valence-electron chi connectivity index (χ4n) is 2.24. The summed E-state index contributed by atoms with van der Waals surface area (Å²) >= 11 is 5.93. The summed E-state index contributed by atoms with van der Waals surface area (Å²) in [5.74, 6) is -0.208. The fraction of sp³-hybridized carbons (Fsp3) is 0.0556. The van der Waals surface area contributed by atoms with Crippen molar-refractivity contribution in [3.8, 4) is 0 Å². The highest BCUT2D eigenvalue weighted by atomic mass is 35.5. The summed E-state index contributed by atoms with van der Waals surface area (Å²) in [6, 6.07) is 14.4. The molecular weight excluding hydrogens is 324 g/mol. The number of hydrogen-bond acceptors (Lipinski definition) is 4. The molecule has 3 rings (SSSR count). The van der Waals surface area contributed by atoms with Gasteiger partial charge < -0.3 is 10.2 Å². The van der Waals surface area contributed by atoms with Gasteiger partial charge in [-0.15, -0.1) is 0 Å². The molecule has 120 valence electrons. The molecule has 1 amide bonds. The van der Waals surface area contributed by atoms with E-state index in [2.05, 4.69) is 15.3 Å². The first-order valence-electron chi connectivity index (χ1n) is 7.29. The predicted molar refractivity (Wildman–Crippen MR) is 95.9 cm³/mol. The van der Waals surface area contributed by atoms with Crippen LogP contribution in [-0.2, 0) is 0 Å². The number of nitrogens with zero attached hydrogens (tertiary/aromatic N) is 3. The number of hydrogen-bond donors (Lipinski definition) is 1. The van der Waals surface area contributed by atoms with Crippen molar-refractivity contribution in [1.82, 2.24) is 9.97 Å². The van der Waals surface area contributed by atoms with Crippen LogP contribution in [0.4, 0.5) is 17.1 Å². The summed E-state index contributed by atoms with van der Waals surface area (Å²) < 4.78 is 0. The van der Waals surface area contributed by atoms with Crippen molar-refractivity contribution in [3.63, 3.8) is 0 Å². The van der Waals surface area contributed by atoms with Gasteiger partial charge in [0.05, 0.1) is 18.1 Å². The standard InChI is InChI=1S/C18H15ClN4O/c1-23(17-10-20-12-21-11-17)16-7-3-6-15(9-16)22-18(24)13-4-2-5-14(19)8-13/h2-12H,1H3,(H,22,24). The molecule has 0 unspecified atom stereocenters. The van der Waals surface area contributed by atoms with Crippen LogP contribution in [0.1, 0.15) is 10.4 Å². The second-order valence-corrected chi connectivity index (χ2v) is 5.61. The van der Waals surface area contributed by atoms with Crippen LogP contribution in [0.5, 0.6) is 0 Å². The van der Waals surface area contributed by atoms with Crippen molar-refractivity contribution in [3.05, 3.63) is 77.8 Å². The van der Waals surface area contributed by atoms with Gasteiger partial charge in [0.1, 0.15) is 6.33 Å². The lowest BCUT2D eigenvalue weighted by atomic mass is 10.2. The number of carbonyl (C=O) groups is 1. The molecule has 0 aliphatic rings. The van der Waals surface area contributed by atoms with Crippen LogP contribution in [-0.4, -0.2) is 22.9 Å². The Balaban J connectivity index is 1.79. The van der Waals surface area contributed by atoms with E-state index in [4.69, 9.17) is 11.6 Å². The molecule has 24 heavy (non-hydrogen) atoms. The zero-order valence-electron chi connectivity index (χ0n) is 13.0. The van der Waals surface area contributed by atoms with Crippen LogP contribution < -0.4 is 10.2 Å². The van der Waals surface area contributed by atoms with Crippen molar-refractivity contribution >= 4 is 34.6 Å². The summed E-state index contributed by atoms with van der Waals surface area (Å²) in [5, 5.41) is 3.40. The lowest BCUT2D eigenvalue weighted by molar-refractivity contribution is 0.102. The van der Waals surface area contributed by atoms with Gasteiger partial charge in [-0.25, -0.2) is 9.97 Å².